The third-order valence-corrected chi connectivity index (χ3v) is 3.39. The third-order valence-electron chi connectivity index (χ3n) is 3.39. The summed E-state index contributed by atoms with van der Waals surface area (Å²) in [4.78, 5) is 24.6. The topological polar surface area (TPSA) is 67.9 Å². The van der Waals surface area contributed by atoms with Crippen LogP contribution >= 0.6 is 0 Å². The summed E-state index contributed by atoms with van der Waals surface area (Å²) >= 11 is 0. The predicted molar refractivity (Wildman–Crippen MR) is 68.3 cm³/mol. The highest BCUT2D eigenvalue weighted by molar-refractivity contribution is 5.94. The number of anilines is 2. The zero-order valence-electron chi connectivity index (χ0n) is 10.5. The zero-order valence-corrected chi connectivity index (χ0v) is 10.5. The van der Waals surface area contributed by atoms with Crippen molar-refractivity contribution in [2.45, 2.75) is 12.5 Å². The first-order valence-electron chi connectivity index (χ1n) is 6.12. The van der Waals surface area contributed by atoms with Gasteiger partial charge in [-0.15, -0.1) is 0 Å². The number of carbonyl (C=O) groups is 2. The van der Waals surface area contributed by atoms with Crippen LogP contribution in [0, 0.1) is 0 Å². The summed E-state index contributed by atoms with van der Waals surface area (Å²) < 4.78 is 9.59. The van der Waals surface area contributed by atoms with Gasteiger partial charge in [0.25, 0.3) is 0 Å². The van der Waals surface area contributed by atoms with E-state index in [0.717, 1.165) is 24.3 Å². The number of benzene rings is 1. The molecule has 0 spiro atoms. The number of nitrogens with one attached hydrogen (secondary N) is 1. The van der Waals surface area contributed by atoms with Crippen LogP contribution in [0.25, 0.3) is 0 Å². The van der Waals surface area contributed by atoms with Crippen molar-refractivity contribution >= 4 is 23.4 Å². The second-order valence-electron chi connectivity index (χ2n) is 4.52. The van der Waals surface area contributed by atoms with Gasteiger partial charge >= 0.3 is 12.1 Å². The standard InChI is InChI=1S/C13H14N2O4/c1-18-12(16)11-7-15(13(17)19-11)9-2-3-10-8(6-9)4-5-14-10/h2-3,6,11,14H,4-5,7H2,1H3. The molecule has 0 aromatic heterocycles. The van der Waals surface area contributed by atoms with Gasteiger partial charge in [0, 0.05) is 17.9 Å². The second-order valence-corrected chi connectivity index (χ2v) is 4.52. The molecule has 1 amide bonds. The van der Waals surface area contributed by atoms with Crippen molar-refractivity contribution in [3.8, 4) is 0 Å². The third kappa shape index (κ3) is 1.99. The number of carbonyl (C=O) groups excluding carboxylic acids is 2. The lowest BCUT2D eigenvalue weighted by atomic mass is 10.1. The SMILES string of the molecule is COC(=O)C1CN(c2ccc3c(c2)CCN3)C(=O)O1. The van der Waals surface area contributed by atoms with Gasteiger partial charge in [-0.1, -0.05) is 0 Å². The molecule has 3 rings (SSSR count). The second kappa shape index (κ2) is 4.46. The molecule has 2 aliphatic heterocycles. The minimum atomic E-state index is -0.844. The Kier molecular flexibility index (Phi) is 2.77. The fraction of sp³-hybridized carbons (Fsp3) is 0.385. The van der Waals surface area contributed by atoms with Crippen LogP contribution in [0.15, 0.2) is 18.2 Å². The Morgan fingerprint density at radius 3 is 3.16 bits per heavy atom. The van der Waals surface area contributed by atoms with Gasteiger partial charge in [0.2, 0.25) is 6.10 Å². The van der Waals surface area contributed by atoms with Crippen LogP contribution in [0.5, 0.6) is 0 Å². The molecule has 19 heavy (non-hydrogen) atoms. The molecule has 0 radical (unpaired) electrons. The van der Waals surface area contributed by atoms with Crippen molar-refractivity contribution in [3.05, 3.63) is 23.8 Å². The van der Waals surface area contributed by atoms with E-state index >= 15 is 0 Å². The van der Waals surface area contributed by atoms with Crippen LogP contribution in [0.2, 0.25) is 0 Å². The Morgan fingerprint density at radius 2 is 2.37 bits per heavy atom. The minimum Gasteiger partial charge on any atom is -0.466 e. The van der Waals surface area contributed by atoms with Gasteiger partial charge < -0.3 is 14.8 Å². The zero-order chi connectivity index (χ0) is 13.4. The molecule has 1 aromatic rings. The monoisotopic (exact) mass is 262 g/mol. The number of nitrogens with zero attached hydrogens (tertiary/aromatic N) is 1. The van der Waals surface area contributed by atoms with E-state index in [0.29, 0.717) is 0 Å². The maximum atomic E-state index is 11.8. The number of cyclic esters (lactones) is 1. The molecule has 1 atom stereocenters. The molecule has 1 aromatic carbocycles. The molecule has 6 nitrogen and oxygen atoms in total. The molecule has 1 saturated heterocycles. The van der Waals surface area contributed by atoms with Gasteiger partial charge in [-0.3, -0.25) is 4.90 Å². The molecule has 0 saturated carbocycles. The van der Waals surface area contributed by atoms with Gasteiger partial charge in [0.05, 0.1) is 13.7 Å². The van der Waals surface area contributed by atoms with Gasteiger partial charge in [0.1, 0.15) is 0 Å². The minimum absolute atomic E-state index is 0.192. The van der Waals surface area contributed by atoms with Crippen molar-refractivity contribution in [1.82, 2.24) is 0 Å². The molecular formula is C13H14N2O4. The van der Waals surface area contributed by atoms with E-state index in [4.69, 9.17) is 4.74 Å². The average Bonchev–Trinajstić information content (AvgIpc) is 3.03. The van der Waals surface area contributed by atoms with Gasteiger partial charge in [-0.25, -0.2) is 9.59 Å². The fourth-order valence-corrected chi connectivity index (χ4v) is 2.39. The first kappa shape index (κ1) is 11.8. The average molecular weight is 262 g/mol. The van der Waals surface area contributed by atoms with Crippen LogP contribution in [0.4, 0.5) is 16.2 Å². The van der Waals surface area contributed by atoms with Gasteiger partial charge in [-0.2, -0.15) is 0 Å². The Bertz CT molecular complexity index is 543. The quantitative estimate of drug-likeness (QED) is 0.810. The lowest BCUT2D eigenvalue weighted by molar-refractivity contribution is -0.148. The van der Waals surface area contributed by atoms with E-state index < -0.39 is 18.2 Å². The molecular weight excluding hydrogens is 248 g/mol. The Morgan fingerprint density at radius 1 is 1.53 bits per heavy atom. The molecule has 2 aliphatic rings. The van der Waals surface area contributed by atoms with Crippen LogP contribution in [0.1, 0.15) is 5.56 Å². The van der Waals surface area contributed by atoms with Crippen LogP contribution < -0.4 is 10.2 Å². The fourth-order valence-electron chi connectivity index (χ4n) is 2.39. The van der Waals surface area contributed by atoms with E-state index in [1.807, 2.05) is 18.2 Å². The molecule has 6 heteroatoms. The molecule has 2 heterocycles. The van der Waals surface area contributed by atoms with Crippen LogP contribution in [-0.2, 0) is 20.7 Å². The number of hydrogen-bond acceptors (Lipinski definition) is 5. The Balaban J connectivity index is 1.83. The highest BCUT2D eigenvalue weighted by Crippen LogP contribution is 2.29. The maximum absolute atomic E-state index is 11.8. The van der Waals surface area contributed by atoms with Crippen molar-refractivity contribution in [3.63, 3.8) is 0 Å². The molecule has 0 aliphatic carbocycles. The van der Waals surface area contributed by atoms with E-state index in [2.05, 4.69) is 10.1 Å². The maximum Gasteiger partial charge on any atom is 0.415 e. The lowest BCUT2D eigenvalue weighted by Gasteiger charge is -2.14. The van der Waals surface area contributed by atoms with E-state index in [9.17, 15) is 9.59 Å². The van der Waals surface area contributed by atoms with E-state index in [1.165, 1.54) is 17.6 Å². The summed E-state index contributed by atoms with van der Waals surface area (Å²) in [6, 6.07) is 5.74. The first-order chi connectivity index (χ1) is 9.19. The van der Waals surface area contributed by atoms with Gasteiger partial charge in [0.15, 0.2) is 0 Å². The Labute approximate surface area is 110 Å². The van der Waals surface area contributed by atoms with Crippen LogP contribution in [-0.4, -0.2) is 38.4 Å². The van der Waals surface area contributed by atoms with Gasteiger partial charge in [-0.05, 0) is 30.2 Å². The summed E-state index contributed by atoms with van der Waals surface area (Å²) in [5, 5.41) is 3.26. The van der Waals surface area contributed by atoms with Crippen LogP contribution in [0.3, 0.4) is 0 Å². The van der Waals surface area contributed by atoms with Crippen molar-refractivity contribution < 1.29 is 19.1 Å². The number of rotatable bonds is 2. The van der Waals surface area contributed by atoms with E-state index in [-0.39, 0.29) is 6.54 Å². The molecule has 1 N–H and O–H groups in total. The smallest absolute Gasteiger partial charge is 0.415 e. The number of methoxy groups -OCH3 is 1. The van der Waals surface area contributed by atoms with Crippen molar-refractivity contribution in [2.75, 3.05) is 30.4 Å². The lowest BCUT2D eigenvalue weighted by Crippen LogP contribution is -2.28. The number of fused-ring (bicyclic) bond motifs is 1. The van der Waals surface area contributed by atoms with E-state index in [1.54, 1.807) is 0 Å². The summed E-state index contributed by atoms with van der Waals surface area (Å²) in [7, 11) is 1.28. The molecule has 100 valence electrons. The summed E-state index contributed by atoms with van der Waals surface area (Å²) in [6.07, 6.45) is -0.419. The highest BCUT2D eigenvalue weighted by Gasteiger charge is 2.37. The number of amides is 1. The van der Waals surface area contributed by atoms with Crippen molar-refractivity contribution in [1.29, 1.82) is 0 Å². The first-order valence-corrected chi connectivity index (χ1v) is 6.12. The number of hydrogen-bond donors (Lipinski definition) is 1. The predicted octanol–water partition coefficient (Wildman–Crippen LogP) is 1.15. The highest BCUT2D eigenvalue weighted by atomic mass is 16.6. The molecule has 1 fully saturated rings. The molecule has 0 bridgehead atoms. The largest absolute Gasteiger partial charge is 0.466 e. The summed E-state index contributed by atoms with van der Waals surface area (Å²) in [5.74, 6) is -0.529. The normalized spacial score (nSPS) is 20.8. The summed E-state index contributed by atoms with van der Waals surface area (Å²) in [6.45, 7) is 1.10. The Hall–Kier alpha value is -2.24. The number of ether oxygens (including phenoxy) is 2. The number of esters is 1. The summed E-state index contributed by atoms with van der Waals surface area (Å²) in [5.41, 5.74) is 3.02. The van der Waals surface area contributed by atoms with Crippen molar-refractivity contribution in [2.24, 2.45) is 0 Å². The molecule has 1 unspecified atom stereocenters.